The van der Waals surface area contributed by atoms with Crippen LogP contribution in [0.3, 0.4) is 0 Å². The van der Waals surface area contributed by atoms with Crippen molar-refractivity contribution >= 4 is 5.97 Å². The summed E-state index contributed by atoms with van der Waals surface area (Å²) in [5.41, 5.74) is 0.973. The Morgan fingerprint density at radius 3 is 2.07 bits per heavy atom. The molecule has 1 N–H and O–H groups in total. The molecule has 0 aromatic heterocycles. The minimum Gasteiger partial charge on any atom is -0.464 e. The smallest absolute Gasteiger partial charge is 0.335 e. The number of allylic oxidation sites excluding steroid dienone is 1. The van der Waals surface area contributed by atoms with Gasteiger partial charge >= 0.3 is 5.97 Å². The van der Waals surface area contributed by atoms with Crippen LogP contribution in [0.25, 0.3) is 0 Å². The summed E-state index contributed by atoms with van der Waals surface area (Å²) < 4.78 is 10.6. The Labute approximate surface area is 169 Å². The van der Waals surface area contributed by atoms with E-state index in [-0.39, 0.29) is 18.1 Å². The molecular formula is C23H45NO3. The van der Waals surface area contributed by atoms with Crippen molar-refractivity contribution in [2.45, 2.75) is 101 Å². The van der Waals surface area contributed by atoms with Crippen LogP contribution in [0, 0.1) is 12.3 Å². The molecule has 0 saturated carbocycles. The summed E-state index contributed by atoms with van der Waals surface area (Å²) in [6.45, 7) is 21.9. The summed E-state index contributed by atoms with van der Waals surface area (Å²) in [7, 11) is 0. The lowest BCUT2D eigenvalue weighted by molar-refractivity contribution is -0.159. The molecule has 1 rings (SSSR count). The third-order valence-electron chi connectivity index (χ3n) is 2.54. The molecule has 0 bridgehead atoms. The van der Waals surface area contributed by atoms with Gasteiger partial charge in [-0.15, -0.1) is 6.42 Å². The predicted octanol–water partition coefficient (Wildman–Crippen LogP) is 5.88. The maximum atomic E-state index is 11.8. The van der Waals surface area contributed by atoms with E-state index in [1.54, 1.807) is 13.1 Å². The molecule has 4 nitrogen and oxygen atoms in total. The molecule has 160 valence electrons. The molecule has 0 radical (unpaired) electrons. The number of rotatable bonds is 6. The summed E-state index contributed by atoms with van der Waals surface area (Å²) in [6.07, 6.45) is 10.8. The van der Waals surface area contributed by atoms with Crippen molar-refractivity contribution in [3.63, 3.8) is 0 Å². The minimum absolute atomic E-state index is 0.0378. The standard InChI is InChI=1S/C15H21NO3.4C2H6/c1-5-13-9-12(7-8-16-13)10-14(19-11(3)4)15(17)18-6-2;4*1-2/h1,7-9,11,13-14,16H,6,10H2,2-4H3;4*1-2H3. The van der Waals surface area contributed by atoms with Crippen molar-refractivity contribution in [1.29, 1.82) is 0 Å². The number of nitrogens with one attached hydrogen (secondary N) is 1. The summed E-state index contributed by atoms with van der Waals surface area (Å²) in [5.74, 6) is 2.27. The van der Waals surface area contributed by atoms with Gasteiger partial charge in [0, 0.05) is 6.42 Å². The van der Waals surface area contributed by atoms with E-state index in [4.69, 9.17) is 15.9 Å². The Morgan fingerprint density at radius 1 is 1.15 bits per heavy atom. The molecule has 0 fully saturated rings. The second-order valence-electron chi connectivity index (χ2n) is 4.52. The van der Waals surface area contributed by atoms with Crippen LogP contribution in [0.1, 0.15) is 82.6 Å². The van der Waals surface area contributed by atoms with Crippen LogP contribution in [0.4, 0.5) is 0 Å². The second-order valence-corrected chi connectivity index (χ2v) is 4.52. The fourth-order valence-corrected chi connectivity index (χ4v) is 1.77. The van der Waals surface area contributed by atoms with Crippen LogP contribution >= 0.6 is 0 Å². The first-order valence-corrected chi connectivity index (χ1v) is 10.5. The maximum absolute atomic E-state index is 11.8. The van der Waals surface area contributed by atoms with Crippen LogP contribution < -0.4 is 5.32 Å². The van der Waals surface area contributed by atoms with E-state index in [0.29, 0.717) is 13.0 Å². The fraction of sp³-hybridized carbons (Fsp3) is 0.696. The van der Waals surface area contributed by atoms with Crippen molar-refractivity contribution in [3.8, 4) is 12.3 Å². The number of hydrogen-bond acceptors (Lipinski definition) is 4. The largest absolute Gasteiger partial charge is 0.464 e. The molecule has 0 aliphatic carbocycles. The highest BCUT2D eigenvalue weighted by molar-refractivity contribution is 5.75. The Morgan fingerprint density at radius 2 is 1.67 bits per heavy atom. The van der Waals surface area contributed by atoms with Crippen LogP contribution in [0.5, 0.6) is 0 Å². The molecule has 1 aliphatic rings. The molecular weight excluding hydrogens is 338 g/mol. The first-order valence-electron chi connectivity index (χ1n) is 10.5. The third-order valence-corrected chi connectivity index (χ3v) is 2.54. The number of carbonyl (C=O) groups excluding carboxylic acids is 1. The second kappa shape index (κ2) is 26.5. The number of ether oxygens (including phenoxy) is 2. The van der Waals surface area contributed by atoms with Gasteiger partial charge in [-0.2, -0.15) is 0 Å². The SMILES string of the molecule is C#CC1C=C(CC(OC(C)C)C(=O)OCC)C=CN1.CC.CC.CC.CC. The van der Waals surface area contributed by atoms with E-state index < -0.39 is 6.10 Å². The number of terminal acetylenes is 1. The van der Waals surface area contributed by atoms with Gasteiger partial charge in [0.05, 0.1) is 12.7 Å². The zero-order valence-electron chi connectivity index (χ0n) is 19.7. The molecule has 0 spiro atoms. The Kier molecular flexibility index (Phi) is 32.3. The highest BCUT2D eigenvalue weighted by Crippen LogP contribution is 2.16. The van der Waals surface area contributed by atoms with Crippen LogP contribution in [0.15, 0.2) is 23.9 Å². The summed E-state index contributed by atoms with van der Waals surface area (Å²) >= 11 is 0. The molecule has 1 heterocycles. The topological polar surface area (TPSA) is 47.6 Å². The van der Waals surface area contributed by atoms with Crippen molar-refractivity contribution in [2.24, 2.45) is 0 Å². The molecule has 0 amide bonds. The van der Waals surface area contributed by atoms with Gasteiger partial charge in [0.2, 0.25) is 0 Å². The van der Waals surface area contributed by atoms with Gasteiger partial charge in [0.1, 0.15) is 6.04 Å². The van der Waals surface area contributed by atoms with Crippen molar-refractivity contribution in [3.05, 3.63) is 23.9 Å². The van der Waals surface area contributed by atoms with E-state index in [9.17, 15) is 4.79 Å². The fourth-order valence-electron chi connectivity index (χ4n) is 1.77. The Hall–Kier alpha value is -1.73. The van der Waals surface area contributed by atoms with Gasteiger partial charge in [-0.25, -0.2) is 4.79 Å². The van der Waals surface area contributed by atoms with Gasteiger partial charge in [-0.1, -0.05) is 61.3 Å². The van der Waals surface area contributed by atoms with E-state index in [1.807, 2.05) is 81.4 Å². The normalized spacial score (nSPS) is 14.5. The number of dihydropyridines is 1. The van der Waals surface area contributed by atoms with E-state index >= 15 is 0 Å². The average Bonchev–Trinajstić information content (AvgIpc) is 2.73. The number of hydrogen-bond donors (Lipinski definition) is 1. The van der Waals surface area contributed by atoms with Gasteiger partial charge in [0.15, 0.2) is 6.10 Å². The summed E-state index contributed by atoms with van der Waals surface area (Å²) in [4.78, 5) is 11.8. The molecule has 27 heavy (non-hydrogen) atoms. The minimum atomic E-state index is -0.590. The van der Waals surface area contributed by atoms with Crippen molar-refractivity contribution < 1.29 is 14.3 Å². The summed E-state index contributed by atoms with van der Waals surface area (Å²) in [6, 6.07) is -0.137. The van der Waals surface area contributed by atoms with Gasteiger partial charge in [0.25, 0.3) is 0 Å². The van der Waals surface area contributed by atoms with Crippen molar-refractivity contribution in [1.82, 2.24) is 5.32 Å². The first kappa shape index (κ1) is 32.9. The van der Waals surface area contributed by atoms with Gasteiger partial charge in [-0.3, -0.25) is 0 Å². The lowest BCUT2D eigenvalue weighted by Gasteiger charge is -2.21. The van der Waals surface area contributed by atoms with Gasteiger partial charge < -0.3 is 14.8 Å². The zero-order chi connectivity index (χ0) is 22.3. The molecule has 4 heteroatoms. The monoisotopic (exact) mass is 383 g/mol. The van der Waals surface area contributed by atoms with Crippen LogP contribution in [-0.4, -0.2) is 30.8 Å². The molecule has 1 aliphatic heterocycles. The molecule has 0 saturated heterocycles. The van der Waals surface area contributed by atoms with Crippen LogP contribution in [-0.2, 0) is 14.3 Å². The Bertz CT molecular complexity index is 406. The molecule has 2 atom stereocenters. The van der Waals surface area contributed by atoms with E-state index in [2.05, 4.69) is 11.2 Å². The Balaban J connectivity index is -0.000000292. The lowest BCUT2D eigenvalue weighted by atomic mass is 10.0. The van der Waals surface area contributed by atoms with E-state index in [0.717, 1.165) is 5.57 Å². The van der Waals surface area contributed by atoms with E-state index in [1.165, 1.54) is 0 Å². The lowest BCUT2D eigenvalue weighted by Crippen LogP contribution is -2.31. The third kappa shape index (κ3) is 18.8. The highest BCUT2D eigenvalue weighted by Gasteiger charge is 2.23. The molecule has 0 aromatic rings. The average molecular weight is 384 g/mol. The quantitative estimate of drug-likeness (QED) is 0.459. The number of esters is 1. The molecule has 2 unspecified atom stereocenters. The first-order chi connectivity index (χ1) is 13.1. The zero-order valence-corrected chi connectivity index (χ0v) is 19.7. The highest BCUT2D eigenvalue weighted by atomic mass is 16.6. The predicted molar refractivity (Wildman–Crippen MR) is 120 cm³/mol. The molecule has 0 aromatic carbocycles. The van der Waals surface area contributed by atoms with Gasteiger partial charge in [-0.05, 0) is 44.7 Å². The van der Waals surface area contributed by atoms with Crippen molar-refractivity contribution in [2.75, 3.05) is 6.61 Å². The number of carbonyl (C=O) groups is 1. The summed E-state index contributed by atoms with van der Waals surface area (Å²) in [5, 5.41) is 3.02. The maximum Gasteiger partial charge on any atom is 0.335 e. The van der Waals surface area contributed by atoms with Crippen LogP contribution in [0.2, 0.25) is 0 Å².